The summed E-state index contributed by atoms with van der Waals surface area (Å²) < 4.78 is 65.1. The molecule has 0 aliphatic carbocycles. The number of hydrogen-bond donors (Lipinski definition) is 2. The maximum atomic E-state index is 14.5. The third-order valence-electron chi connectivity index (χ3n) is 7.15. The van der Waals surface area contributed by atoms with Gasteiger partial charge in [-0.25, -0.2) is 14.2 Å². The van der Waals surface area contributed by atoms with Crippen molar-refractivity contribution in [1.82, 2.24) is 15.2 Å². The average molecular weight is 568 g/mol. The van der Waals surface area contributed by atoms with Gasteiger partial charge in [-0.05, 0) is 62.8 Å². The van der Waals surface area contributed by atoms with Crippen molar-refractivity contribution >= 4 is 17.5 Å². The van der Waals surface area contributed by atoms with Crippen molar-refractivity contribution in [2.45, 2.75) is 69.4 Å². The highest BCUT2D eigenvalue weighted by Crippen LogP contribution is 2.26. The van der Waals surface area contributed by atoms with Crippen LogP contribution in [0, 0.1) is 0 Å². The molecule has 0 aromatic carbocycles. The molecule has 3 aliphatic heterocycles. The number of nitrogens with zero attached hydrogens (tertiary/aromatic N) is 3. The number of allylic oxidation sites excluding steroid dienone is 1. The highest BCUT2D eigenvalue weighted by molar-refractivity contribution is 5.96. The van der Waals surface area contributed by atoms with Crippen LogP contribution in [0.2, 0.25) is 0 Å². The minimum absolute atomic E-state index is 0.0504. The molecule has 4 rings (SSSR count). The minimum Gasteiger partial charge on any atom is -0.454 e. The van der Waals surface area contributed by atoms with E-state index in [0.29, 0.717) is 18.8 Å². The maximum absolute atomic E-state index is 14.5. The van der Waals surface area contributed by atoms with Crippen LogP contribution in [-0.2, 0) is 27.1 Å². The van der Waals surface area contributed by atoms with Gasteiger partial charge in [-0.3, -0.25) is 4.99 Å². The fourth-order valence-electron chi connectivity index (χ4n) is 5.10. The van der Waals surface area contributed by atoms with Gasteiger partial charge >= 0.3 is 12.1 Å². The van der Waals surface area contributed by atoms with E-state index in [4.69, 9.17) is 14.5 Å². The number of aliphatic imine (C=N–C) groups is 1. The summed E-state index contributed by atoms with van der Waals surface area (Å²) in [5.41, 5.74) is 1.60. The number of unbranched alkanes of at least 4 members (excludes halogenated alkanes) is 1. The normalized spacial score (nSPS) is 25.0. The number of anilines is 1. The Labute approximate surface area is 231 Å². The van der Waals surface area contributed by atoms with E-state index in [1.807, 2.05) is 4.90 Å². The number of pyridine rings is 1. The number of aryl methyl sites for hydroxylation is 2. The molecule has 0 amide bonds. The zero-order chi connectivity index (χ0) is 28.5. The molecule has 12 heteroatoms. The lowest BCUT2D eigenvalue weighted by molar-refractivity contribution is -0.150. The smallest absolute Gasteiger partial charge is 0.433 e. The molecular formula is C28H37F4N5O3. The zero-order valence-corrected chi connectivity index (χ0v) is 22.7. The Kier molecular flexibility index (Phi) is 10.5. The molecule has 220 valence electrons. The lowest BCUT2D eigenvalue weighted by Gasteiger charge is -2.30. The maximum Gasteiger partial charge on any atom is 0.433 e. The Bertz CT molecular complexity index is 1110. The van der Waals surface area contributed by atoms with Gasteiger partial charge in [0.1, 0.15) is 18.0 Å². The van der Waals surface area contributed by atoms with Crippen LogP contribution in [0.3, 0.4) is 0 Å². The van der Waals surface area contributed by atoms with E-state index < -0.39 is 36.2 Å². The van der Waals surface area contributed by atoms with Gasteiger partial charge in [-0.2, -0.15) is 13.2 Å². The first-order chi connectivity index (χ1) is 19.2. The molecule has 0 fully saturated rings. The van der Waals surface area contributed by atoms with Gasteiger partial charge in [-0.15, -0.1) is 0 Å². The first-order valence-corrected chi connectivity index (χ1v) is 13.8. The summed E-state index contributed by atoms with van der Waals surface area (Å²) in [7, 11) is 1.44. The van der Waals surface area contributed by atoms with E-state index in [9.17, 15) is 22.4 Å². The molecule has 1 aromatic rings. The summed E-state index contributed by atoms with van der Waals surface area (Å²) in [5.74, 6) is 0.172. The number of fused-ring (bicyclic) bond motifs is 3. The third kappa shape index (κ3) is 8.50. The molecule has 40 heavy (non-hydrogen) atoms. The number of alkyl halides is 4. The van der Waals surface area contributed by atoms with E-state index >= 15 is 0 Å². The molecule has 3 aliphatic rings. The standard InChI is InChI=1S/C28H37F4N5O3/c1-39-18-20(29)17-37(15-3-2-6-21-8-7-19-5-4-13-34-26(19)36-21)16-12-23-27(38)40-24-10-9-22(35-23)11-14-33-25(24)28(30,31)32/h7-9,11,14,20,23-24,35H,2-6,10,12-13,15-18H2,1H3,(H,34,36)/b14-11-,22-9-,33-25-/t20-,23-,24?/m0/s1. The SMILES string of the molecule is COC[C@@H](F)CN(CCCCc1ccc2c(n1)NCCC2)CC[C@@H]1NC2=C\CC(OC1=O)/C(C(F)(F)F)=N/C=C\2. The lowest BCUT2D eigenvalue weighted by Crippen LogP contribution is -2.47. The molecule has 0 saturated heterocycles. The fraction of sp³-hybridized carbons (Fsp3) is 0.607. The van der Waals surface area contributed by atoms with Crippen LogP contribution in [-0.4, -0.2) is 86.0 Å². The van der Waals surface area contributed by atoms with Gasteiger partial charge in [-0.1, -0.05) is 12.1 Å². The lowest BCUT2D eigenvalue weighted by atomic mass is 10.0. The van der Waals surface area contributed by atoms with Crippen molar-refractivity contribution in [2.75, 3.05) is 45.2 Å². The van der Waals surface area contributed by atoms with E-state index in [2.05, 4.69) is 27.8 Å². The van der Waals surface area contributed by atoms with Crippen molar-refractivity contribution in [3.05, 3.63) is 47.4 Å². The van der Waals surface area contributed by atoms with Crippen molar-refractivity contribution in [2.24, 2.45) is 4.99 Å². The average Bonchev–Trinajstić information content (AvgIpc) is 2.90. The number of methoxy groups -OCH3 is 1. The Morgan fingerprint density at radius 1 is 1.25 bits per heavy atom. The molecule has 1 unspecified atom stereocenters. The number of aromatic nitrogens is 1. The second-order valence-corrected chi connectivity index (χ2v) is 10.3. The van der Waals surface area contributed by atoms with Crippen molar-refractivity contribution in [1.29, 1.82) is 0 Å². The first-order valence-electron chi connectivity index (χ1n) is 13.8. The molecule has 2 N–H and O–H groups in total. The molecule has 4 heterocycles. The van der Waals surface area contributed by atoms with Gasteiger partial charge in [0.05, 0.1) is 6.61 Å². The fourth-order valence-corrected chi connectivity index (χ4v) is 5.10. The van der Waals surface area contributed by atoms with Crippen LogP contribution in [0.5, 0.6) is 0 Å². The molecule has 8 nitrogen and oxygen atoms in total. The van der Waals surface area contributed by atoms with Gasteiger partial charge in [0.15, 0.2) is 11.8 Å². The topological polar surface area (TPSA) is 88.1 Å². The Morgan fingerprint density at radius 2 is 2.10 bits per heavy atom. The summed E-state index contributed by atoms with van der Waals surface area (Å²) in [6, 6.07) is 3.30. The Morgan fingerprint density at radius 3 is 2.90 bits per heavy atom. The number of esters is 1. The van der Waals surface area contributed by atoms with E-state index in [-0.39, 0.29) is 26.0 Å². The number of halogens is 4. The second kappa shape index (κ2) is 14.1. The van der Waals surface area contributed by atoms with E-state index in [1.165, 1.54) is 18.7 Å². The van der Waals surface area contributed by atoms with Crippen LogP contribution in [0.4, 0.5) is 23.4 Å². The first kappa shape index (κ1) is 30.0. The summed E-state index contributed by atoms with van der Waals surface area (Å²) in [5, 5.41) is 6.40. The number of carbonyl (C=O) groups is 1. The van der Waals surface area contributed by atoms with Crippen molar-refractivity contribution in [3.63, 3.8) is 0 Å². The largest absolute Gasteiger partial charge is 0.454 e. The predicted octanol–water partition coefficient (Wildman–Crippen LogP) is 4.13. The van der Waals surface area contributed by atoms with Crippen molar-refractivity contribution < 1.29 is 31.8 Å². The van der Waals surface area contributed by atoms with Gasteiger partial charge in [0.25, 0.3) is 0 Å². The molecule has 0 spiro atoms. The van der Waals surface area contributed by atoms with E-state index in [0.717, 1.165) is 56.4 Å². The van der Waals surface area contributed by atoms with Crippen molar-refractivity contribution in [3.8, 4) is 0 Å². The summed E-state index contributed by atoms with van der Waals surface area (Å²) in [6.45, 7) is 1.93. The summed E-state index contributed by atoms with van der Waals surface area (Å²) >= 11 is 0. The molecule has 0 saturated carbocycles. The molecule has 1 aromatic heterocycles. The molecule has 2 bridgehead atoms. The van der Waals surface area contributed by atoms with Gasteiger partial charge in [0, 0.05) is 50.8 Å². The highest BCUT2D eigenvalue weighted by atomic mass is 19.4. The number of rotatable bonds is 12. The van der Waals surface area contributed by atoms with Crippen LogP contribution >= 0.6 is 0 Å². The quantitative estimate of drug-likeness (QED) is 0.223. The summed E-state index contributed by atoms with van der Waals surface area (Å²) in [6.07, 6.45) is 1.25. The number of hydrogen-bond acceptors (Lipinski definition) is 8. The number of carbonyl (C=O) groups excluding carboxylic acids is 1. The Hall–Kier alpha value is -2.99. The number of nitrogens with one attached hydrogen (secondary N) is 2. The Balaban J connectivity index is 1.34. The summed E-state index contributed by atoms with van der Waals surface area (Å²) in [4.78, 5) is 23.0. The number of ether oxygens (including phenoxy) is 2. The highest BCUT2D eigenvalue weighted by Gasteiger charge is 2.43. The minimum atomic E-state index is -4.72. The van der Waals surface area contributed by atoms with Crippen LogP contribution < -0.4 is 10.6 Å². The second-order valence-electron chi connectivity index (χ2n) is 10.3. The van der Waals surface area contributed by atoms with Crippen LogP contribution in [0.25, 0.3) is 0 Å². The third-order valence-corrected chi connectivity index (χ3v) is 7.15. The van der Waals surface area contributed by atoms with Crippen LogP contribution in [0.15, 0.2) is 41.2 Å². The predicted molar refractivity (Wildman–Crippen MR) is 144 cm³/mol. The van der Waals surface area contributed by atoms with Gasteiger partial charge in [0.2, 0.25) is 0 Å². The molecule has 0 radical (unpaired) electrons. The molecule has 3 atom stereocenters. The van der Waals surface area contributed by atoms with Gasteiger partial charge < -0.3 is 25.0 Å². The molecular weight excluding hydrogens is 530 g/mol. The zero-order valence-electron chi connectivity index (χ0n) is 22.7. The van der Waals surface area contributed by atoms with E-state index in [1.54, 1.807) is 6.08 Å². The van der Waals surface area contributed by atoms with Crippen LogP contribution in [0.1, 0.15) is 43.4 Å². The monoisotopic (exact) mass is 567 g/mol.